The van der Waals surface area contributed by atoms with Crippen molar-refractivity contribution in [1.29, 1.82) is 0 Å². The number of Topliss-reactive ketones (excluding diaryl/α,β-unsaturated/α-hetero) is 1. The molecule has 15 heavy (non-hydrogen) atoms. The summed E-state index contributed by atoms with van der Waals surface area (Å²) in [7, 11) is 0. The van der Waals surface area contributed by atoms with E-state index in [1.807, 2.05) is 19.9 Å². The number of halogens is 1. The minimum absolute atomic E-state index is 0.406. The molecule has 3 nitrogen and oxygen atoms in total. The molecule has 0 saturated heterocycles. The molecule has 0 radical (unpaired) electrons. The summed E-state index contributed by atoms with van der Waals surface area (Å²) in [5, 5.41) is 0. The number of carbonyl (C=O) groups is 2. The first kappa shape index (κ1) is 10.4. The van der Waals surface area contributed by atoms with Gasteiger partial charge in [0.25, 0.3) is 11.7 Å². The van der Waals surface area contributed by atoms with Crippen molar-refractivity contribution in [3.05, 3.63) is 27.7 Å². The van der Waals surface area contributed by atoms with E-state index in [0.29, 0.717) is 12.1 Å². The van der Waals surface area contributed by atoms with Crippen molar-refractivity contribution in [2.45, 2.75) is 13.8 Å². The first-order chi connectivity index (χ1) is 7.06. The Labute approximate surface area is 96.2 Å². The van der Waals surface area contributed by atoms with Crippen LogP contribution in [0.4, 0.5) is 5.69 Å². The second-order valence-corrected chi connectivity index (χ2v) is 4.41. The van der Waals surface area contributed by atoms with Gasteiger partial charge in [-0.2, -0.15) is 0 Å². The third-order valence-electron chi connectivity index (χ3n) is 2.54. The lowest BCUT2D eigenvalue weighted by molar-refractivity contribution is -0.114. The molecule has 78 valence electrons. The third-order valence-corrected chi connectivity index (χ3v) is 2.99. The van der Waals surface area contributed by atoms with Crippen LogP contribution in [0.1, 0.15) is 22.8 Å². The standard InChI is InChI=1S/C11H10BrNO2/c1-3-13-9-6(2)4-7(12)5-8(9)10(14)11(13)15/h4-5H,3H2,1-2H3. The number of anilines is 1. The average molecular weight is 268 g/mol. The van der Waals surface area contributed by atoms with Gasteiger partial charge in [-0.3, -0.25) is 9.59 Å². The summed E-state index contributed by atoms with van der Waals surface area (Å²) >= 11 is 3.32. The molecule has 0 spiro atoms. The zero-order chi connectivity index (χ0) is 11.2. The normalized spacial score (nSPS) is 14.7. The topological polar surface area (TPSA) is 37.4 Å². The second-order valence-electron chi connectivity index (χ2n) is 3.50. The van der Waals surface area contributed by atoms with E-state index < -0.39 is 11.7 Å². The lowest BCUT2D eigenvalue weighted by Gasteiger charge is -2.15. The van der Waals surface area contributed by atoms with Crippen LogP contribution in [0.2, 0.25) is 0 Å². The minimum Gasteiger partial charge on any atom is -0.305 e. The molecule has 1 amide bonds. The predicted octanol–water partition coefficient (Wildman–Crippen LogP) is 2.31. The van der Waals surface area contributed by atoms with Crippen molar-refractivity contribution in [2.75, 3.05) is 11.4 Å². The fraction of sp³-hybridized carbons (Fsp3) is 0.273. The minimum atomic E-state index is -0.422. The van der Waals surface area contributed by atoms with E-state index in [1.165, 1.54) is 4.90 Å². The second kappa shape index (κ2) is 3.45. The van der Waals surface area contributed by atoms with Gasteiger partial charge in [-0.25, -0.2) is 0 Å². The molecule has 1 heterocycles. The van der Waals surface area contributed by atoms with Crippen LogP contribution in [0.5, 0.6) is 0 Å². The third kappa shape index (κ3) is 1.40. The fourth-order valence-electron chi connectivity index (χ4n) is 1.91. The van der Waals surface area contributed by atoms with Crippen molar-refractivity contribution in [2.24, 2.45) is 0 Å². The van der Waals surface area contributed by atoms with Gasteiger partial charge in [0, 0.05) is 11.0 Å². The number of likely N-dealkylation sites (N-methyl/N-ethyl adjacent to an activating group) is 1. The Kier molecular flexibility index (Phi) is 2.38. The smallest absolute Gasteiger partial charge is 0.299 e. The molecular weight excluding hydrogens is 258 g/mol. The zero-order valence-electron chi connectivity index (χ0n) is 8.50. The monoisotopic (exact) mass is 267 g/mol. The van der Waals surface area contributed by atoms with Crippen LogP contribution < -0.4 is 4.90 Å². The van der Waals surface area contributed by atoms with E-state index in [9.17, 15) is 9.59 Å². The molecule has 0 aliphatic carbocycles. The van der Waals surface area contributed by atoms with Crippen LogP contribution in [-0.2, 0) is 4.79 Å². The molecule has 1 aromatic carbocycles. The van der Waals surface area contributed by atoms with Gasteiger partial charge in [-0.15, -0.1) is 0 Å². The summed E-state index contributed by atoms with van der Waals surface area (Å²) in [4.78, 5) is 24.8. The van der Waals surface area contributed by atoms with Crippen molar-refractivity contribution in [3.63, 3.8) is 0 Å². The maximum atomic E-state index is 11.7. The number of amides is 1. The van der Waals surface area contributed by atoms with Gasteiger partial charge in [-0.05, 0) is 31.5 Å². The molecule has 0 atom stereocenters. The number of aryl methyl sites for hydroxylation is 1. The summed E-state index contributed by atoms with van der Waals surface area (Å²) in [6.45, 7) is 4.29. The number of hydrogen-bond donors (Lipinski definition) is 0. The zero-order valence-corrected chi connectivity index (χ0v) is 10.1. The van der Waals surface area contributed by atoms with Gasteiger partial charge in [0.05, 0.1) is 11.3 Å². The lowest BCUT2D eigenvalue weighted by Crippen LogP contribution is -2.29. The molecule has 1 aliphatic heterocycles. The number of ketones is 1. The number of carbonyl (C=O) groups excluding carboxylic acids is 2. The molecular formula is C11H10BrNO2. The van der Waals surface area contributed by atoms with E-state index in [0.717, 1.165) is 15.7 Å². The molecule has 0 bridgehead atoms. The largest absolute Gasteiger partial charge is 0.305 e. The van der Waals surface area contributed by atoms with Gasteiger partial charge >= 0.3 is 0 Å². The summed E-state index contributed by atoms with van der Waals surface area (Å²) in [5.74, 6) is -0.829. The summed E-state index contributed by atoms with van der Waals surface area (Å²) in [6, 6.07) is 3.62. The number of benzene rings is 1. The van der Waals surface area contributed by atoms with Crippen LogP contribution in [0, 0.1) is 6.92 Å². The first-order valence-corrected chi connectivity index (χ1v) is 5.52. The van der Waals surface area contributed by atoms with Crippen LogP contribution in [0.25, 0.3) is 0 Å². The van der Waals surface area contributed by atoms with Crippen LogP contribution in [-0.4, -0.2) is 18.2 Å². The molecule has 0 fully saturated rings. The van der Waals surface area contributed by atoms with Crippen LogP contribution in [0.3, 0.4) is 0 Å². The highest BCUT2D eigenvalue weighted by Crippen LogP contribution is 2.34. The molecule has 1 aromatic rings. The Balaban J connectivity index is 2.70. The van der Waals surface area contributed by atoms with Crippen LogP contribution in [0.15, 0.2) is 16.6 Å². The van der Waals surface area contributed by atoms with Crippen molar-refractivity contribution < 1.29 is 9.59 Å². The van der Waals surface area contributed by atoms with Gasteiger partial charge in [0.15, 0.2) is 0 Å². The van der Waals surface area contributed by atoms with E-state index in [1.54, 1.807) is 6.07 Å². The fourth-order valence-corrected chi connectivity index (χ4v) is 2.48. The summed E-state index contributed by atoms with van der Waals surface area (Å²) in [5.41, 5.74) is 2.21. The Morgan fingerprint density at radius 1 is 1.33 bits per heavy atom. The van der Waals surface area contributed by atoms with E-state index in [-0.39, 0.29) is 0 Å². The quantitative estimate of drug-likeness (QED) is 0.733. The van der Waals surface area contributed by atoms with Crippen LogP contribution >= 0.6 is 15.9 Å². The molecule has 2 rings (SSSR count). The number of fused-ring (bicyclic) bond motifs is 1. The highest BCUT2D eigenvalue weighted by atomic mass is 79.9. The Bertz CT molecular complexity index is 468. The van der Waals surface area contributed by atoms with Gasteiger partial charge in [-0.1, -0.05) is 15.9 Å². The van der Waals surface area contributed by atoms with Crippen molar-refractivity contribution >= 4 is 33.3 Å². The average Bonchev–Trinajstić information content (AvgIpc) is 2.42. The predicted molar refractivity (Wildman–Crippen MR) is 61.2 cm³/mol. The SMILES string of the molecule is CCN1C(=O)C(=O)c2cc(Br)cc(C)c21. The highest BCUT2D eigenvalue weighted by molar-refractivity contribution is 9.10. The molecule has 1 aliphatic rings. The van der Waals surface area contributed by atoms with Crippen molar-refractivity contribution in [3.8, 4) is 0 Å². The van der Waals surface area contributed by atoms with Gasteiger partial charge in [0.2, 0.25) is 0 Å². The Hall–Kier alpha value is -1.16. The lowest BCUT2D eigenvalue weighted by atomic mass is 10.1. The van der Waals surface area contributed by atoms with Gasteiger partial charge in [0.1, 0.15) is 0 Å². The summed E-state index contributed by atoms with van der Waals surface area (Å²) < 4.78 is 0.831. The maximum absolute atomic E-state index is 11.7. The van der Waals surface area contributed by atoms with E-state index >= 15 is 0 Å². The number of nitrogens with zero attached hydrogens (tertiary/aromatic N) is 1. The molecule has 0 N–H and O–H groups in total. The Morgan fingerprint density at radius 2 is 2.00 bits per heavy atom. The number of hydrogen-bond acceptors (Lipinski definition) is 2. The molecule has 4 heteroatoms. The molecule has 0 unspecified atom stereocenters. The van der Waals surface area contributed by atoms with Crippen molar-refractivity contribution in [1.82, 2.24) is 0 Å². The first-order valence-electron chi connectivity index (χ1n) is 4.72. The van der Waals surface area contributed by atoms with E-state index in [4.69, 9.17) is 0 Å². The molecule has 0 aromatic heterocycles. The Morgan fingerprint density at radius 3 is 2.60 bits per heavy atom. The van der Waals surface area contributed by atoms with E-state index in [2.05, 4.69) is 15.9 Å². The summed E-state index contributed by atoms with van der Waals surface area (Å²) in [6.07, 6.45) is 0. The van der Waals surface area contributed by atoms with Gasteiger partial charge < -0.3 is 4.90 Å². The molecule has 0 saturated carbocycles. The number of rotatable bonds is 1. The highest BCUT2D eigenvalue weighted by Gasteiger charge is 2.36. The maximum Gasteiger partial charge on any atom is 0.299 e.